The molecule has 0 N–H and O–H groups in total. The third-order valence-corrected chi connectivity index (χ3v) is 2.22. The Morgan fingerprint density at radius 2 is 1.19 bits per heavy atom. The highest BCUT2D eigenvalue weighted by Crippen LogP contribution is 2.07. The van der Waals surface area contributed by atoms with Gasteiger partial charge in [-0.15, -0.1) is 26.3 Å². The van der Waals surface area contributed by atoms with Crippen LogP contribution in [0.4, 0.5) is 0 Å². The van der Waals surface area contributed by atoms with Crippen LogP contribution < -0.4 is 0 Å². The lowest BCUT2D eigenvalue weighted by atomic mass is 10.1. The van der Waals surface area contributed by atoms with Crippen LogP contribution in [0.3, 0.4) is 0 Å². The average Bonchev–Trinajstić information content (AvgIpc) is 2.40. The summed E-state index contributed by atoms with van der Waals surface area (Å²) in [4.78, 5) is 0. The summed E-state index contributed by atoms with van der Waals surface area (Å²) in [6.45, 7) is 13.3. The average molecular weight is 220 g/mol. The van der Waals surface area contributed by atoms with E-state index in [0.29, 0.717) is 0 Å². The maximum absolute atomic E-state index is 3.63. The number of rotatable bonds is 5. The van der Waals surface area contributed by atoms with Gasteiger partial charge in [-0.1, -0.05) is 24.3 Å². The van der Waals surface area contributed by atoms with E-state index in [4.69, 9.17) is 0 Å². The van der Waals surface area contributed by atoms with Gasteiger partial charge in [-0.05, 0) is 51.4 Å². The molecule has 0 heterocycles. The summed E-state index contributed by atoms with van der Waals surface area (Å²) in [7, 11) is 0. The van der Waals surface area contributed by atoms with Gasteiger partial charge in [0.15, 0.2) is 0 Å². The van der Waals surface area contributed by atoms with Crippen molar-refractivity contribution in [1.29, 1.82) is 0 Å². The lowest BCUT2D eigenvalue weighted by molar-refractivity contribution is 0.730. The largest absolute Gasteiger partial charge is 0.106 e. The second-order valence-corrected chi connectivity index (χ2v) is 3.62. The van der Waals surface area contributed by atoms with Crippen LogP contribution in [0, 0.1) is 0 Å². The lowest BCUT2D eigenvalue weighted by Gasteiger charge is -1.97. The highest BCUT2D eigenvalue weighted by atomic mass is 13.9. The van der Waals surface area contributed by atoms with Crippen molar-refractivity contribution in [2.45, 2.75) is 51.4 Å². The molecule has 16 heavy (non-hydrogen) atoms. The van der Waals surface area contributed by atoms with Crippen LogP contribution in [0.2, 0.25) is 0 Å². The van der Waals surface area contributed by atoms with Gasteiger partial charge in [-0.2, -0.15) is 0 Å². The van der Waals surface area contributed by atoms with Crippen molar-refractivity contribution in [3.05, 3.63) is 50.6 Å². The van der Waals surface area contributed by atoms with E-state index in [9.17, 15) is 0 Å². The summed E-state index contributed by atoms with van der Waals surface area (Å²) in [6, 6.07) is 0. The minimum atomic E-state index is 1.15. The van der Waals surface area contributed by atoms with Gasteiger partial charge in [0, 0.05) is 0 Å². The summed E-state index contributed by atoms with van der Waals surface area (Å²) < 4.78 is 0. The van der Waals surface area contributed by atoms with E-state index in [-0.39, 0.29) is 0 Å². The van der Waals surface area contributed by atoms with Gasteiger partial charge in [-0.3, -0.25) is 0 Å². The van der Waals surface area contributed by atoms with Gasteiger partial charge in [-0.25, -0.2) is 0 Å². The zero-order valence-corrected chi connectivity index (χ0v) is 10.8. The zero-order valence-electron chi connectivity index (χ0n) is 10.8. The van der Waals surface area contributed by atoms with E-state index in [1.54, 1.807) is 0 Å². The molecule has 0 unspecified atom stereocenters. The van der Waals surface area contributed by atoms with Crippen molar-refractivity contribution < 1.29 is 0 Å². The van der Waals surface area contributed by atoms with Crippen molar-refractivity contribution >= 4 is 0 Å². The van der Waals surface area contributed by atoms with E-state index < -0.39 is 0 Å². The molecule has 0 aromatic carbocycles. The molecule has 1 rings (SSSR count). The number of unbranched alkanes of at least 4 members (excludes halogenated alkanes) is 3. The summed E-state index contributed by atoms with van der Waals surface area (Å²) in [5.41, 5.74) is 0. The van der Waals surface area contributed by atoms with Crippen LogP contribution in [-0.2, 0) is 0 Å². The van der Waals surface area contributed by atoms with E-state index in [1.807, 2.05) is 12.2 Å². The van der Waals surface area contributed by atoms with Crippen molar-refractivity contribution in [2.24, 2.45) is 0 Å². The second-order valence-electron chi connectivity index (χ2n) is 3.62. The van der Waals surface area contributed by atoms with Crippen LogP contribution >= 0.6 is 0 Å². The monoisotopic (exact) mass is 220 g/mol. The van der Waals surface area contributed by atoms with E-state index in [2.05, 4.69) is 38.5 Å². The van der Waals surface area contributed by atoms with Crippen LogP contribution in [0.1, 0.15) is 51.4 Å². The molecule has 0 saturated heterocycles. The van der Waals surface area contributed by atoms with Crippen LogP contribution in [0.5, 0.6) is 0 Å². The molecule has 0 atom stereocenters. The summed E-state index contributed by atoms with van der Waals surface area (Å²) >= 11 is 0. The van der Waals surface area contributed by atoms with Crippen LogP contribution in [0.15, 0.2) is 50.6 Å². The van der Waals surface area contributed by atoms with Crippen molar-refractivity contribution in [3.8, 4) is 0 Å². The Hall–Kier alpha value is -1.04. The fraction of sp³-hybridized carbons (Fsp3) is 0.500. The predicted octanol–water partition coefficient (Wildman–Crippen LogP) is 5.84. The predicted molar refractivity (Wildman–Crippen MR) is 77.7 cm³/mol. The second kappa shape index (κ2) is 19.5. The molecular weight excluding hydrogens is 192 g/mol. The standard InChI is InChI=1S/C8H14.C6H10.C2H4/c1-3-5-7-8-6-4-2;1-2-4-6-5-3-1;1-2/h3-4H,1-2,5-8H2;1-2H,3-6H2;1-2H2. The molecule has 0 radical (unpaired) electrons. The fourth-order valence-corrected chi connectivity index (χ4v) is 1.34. The van der Waals surface area contributed by atoms with Gasteiger partial charge in [0.05, 0.1) is 0 Å². The Bertz CT molecular complexity index is 147. The summed E-state index contributed by atoms with van der Waals surface area (Å²) in [5, 5.41) is 0. The van der Waals surface area contributed by atoms with Crippen LogP contribution in [0.25, 0.3) is 0 Å². The molecule has 0 saturated carbocycles. The molecule has 0 fully saturated rings. The molecule has 0 spiro atoms. The van der Waals surface area contributed by atoms with Crippen molar-refractivity contribution in [3.63, 3.8) is 0 Å². The molecule has 1 aliphatic carbocycles. The molecule has 0 heteroatoms. The number of hydrogen-bond donors (Lipinski definition) is 0. The first kappa shape index (κ1) is 17.4. The molecule has 92 valence electrons. The van der Waals surface area contributed by atoms with E-state index >= 15 is 0 Å². The zero-order chi connectivity index (χ0) is 12.5. The summed E-state index contributed by atoms with van der Waals surface area (Å²) in [5.74, 6) is 0. The van der Waals surface area contributed by atoms with Gasteiger partial charge >= 0.3 is 0 Å². The number of allylic oxidation sites excluding steroid dienone is 4. The molecule has 1 aliphatic rings. The molecule has 0 nitrogen and oxygen atoms in total. The first-order valence-electron chi connectivity index (χ1n) is 6.28. The van der Waals surface area contributed by atoms with E-state index in [1.165, 1.54) is 38.5 Å². The topological polar surface area (TPSA) is 0 Å². The van der Waals surface area contributed by atoms with Gasteiger partial charge in [0.1, 0.15) is 0 Å². The third-order valence-electron chi connectivity index (χ3n) is 2.22. The van der Waals surface area contributed by atoms with Crippen molar-refractivity contribution in [2.75, 3.05) is 0 Å². The smallest absolute Gasteiger partial charge is 0.0351 e. The molecular formula is C16H28. The number of hydrogen-bond acceptors (Lipinski definition) is 0. The molecule has 0 aliphatic heterocycles. The Morgan fingerprint density at radius 3 is 1.38 bits per heavy atom. The third kappa shape index (κ3) is 18.7. The fourth-order valence-electron chi connectivity index (χ4n) is 1.34. The minimum absolute atomic E-state index is 1.15. The molecule has 0 aromatic heterocycles. The first-order chi connectivity index (χ1) is 7.91. The quantitative estimate of drug-likeness (QED) is 0.403. The normalized spacial score (nSPS) is 12.5. The van der Waals surface area contributed by atoms with Crippen LogP contribution in [-0.4, -0.2) is 0 Å². The van der Waals surface area contributed by atoms with E-state index in [0.717, 1.165) is 12.8 Å². The molecule has 0 amide bonds. The Kier molecular flexibility index (Phi) is 21.2. The Balaban J connectivity index is 0. The lowest BCUT2D eigenvalue weighted by Crippen LogP contribution is -1.77. The van der Waals surface area contributed by atoms with Gasteiger partial charge in [0.2, 0.25) is 0 Å². The Labute approximate surface area is 102 Å². The Morgan fingerprint density at radius 1 is 0.812 bits per heavy atom. The van der Waals surface area contributed by atoms with Crippen molar-refractivity contribution in [1.82, 2.24) is 0 Å². The SMILES string of the molecule is C1=CCCCC1.C=C.C=CCCCCC=C. The maximum atomic E-state index is 3.63. The summed E-state index contributed by atoms with van der Waals surface area (Å²) in [6.07, 6.45) is 18.7. The highest BCUT2D eigenvalue weighted by molar-refractivity contribution is 4.85. The molecule has 0 bridgehead atoms. The highest BCUT2D eigenvalue weighted by Gasteiger charge is 1.87. The first-order valence-corrected chi connectivity index (χ1v) is 6.28. The maximum Gasteiger partial charge on any atom is -0.0351 e. The minimum Gasteiger partial charge on any atom is -0.106 e. The molecule has 0 aromatic rings. The van der Waals surface area contributed by atoms with Gasteiger partial charge < -0.3 is 0 Å². The van der Waals surface area contributed by atoms with Gasteiger partial charge in [0.25, 0.3) is 0 Å².